The highest BCUT2D eigenvalue weighted by Gasteiger charge is 2.17. The normalized spacial score (nSPS) is 12.8. The molecule has 3 rings (SSSR count). The zero-order valence-electron chi connectivity index (χ0n) is 17.0. The number of amides is 1. The molecule has 0 bridgehead atoms. The molecule has 0 fully saturated rings. The van der Waals surface area contributed by atoms with Gasteiger partial charge < -0.3 is 9.88 Å². The van der Waals surface area contributed by atoms with Crippen LogP contribution in [0.3, 0.4) is 0 Å². The summed E-state index contributed by atoms with van der Waals surface area (Å²) in [4.78, 5) is 17.1. The van der Waals surface area contributed by atoms with Crippen LogP contribution in [0.5, 0.6) is 0 Å². The lowest BCUT2D eigenvalue weighted by atomic mass is 10.1. The number of benzene rings is 2. The van der Waals surface area contributed by atoms with Crippen LogP contribution < -0.4 is 10.5 Å². The zero-order chi connectivity index (χ0) is 21.7. The molecular weight excluding hydrogens is 420 g/mol. The maximum atomic E-state index is 12.5. The van der Waals surface area contributed by atoms with Crippen LogP contribution in [0.4, 0.5) is 0 Å². The highest BCUT2D eigenvalue weighted by molar-refractivity contribution is 7.99. The number of nitrogens with one attached hydrogen (secondary N) is 1. The van der Waals surface area contributed by atoms with Crippen LogP contribution >= 0.6 is 11.8 Å². The van der Waals surface area contributed by atoms with Crippen molar-refractivity contribution in [3.63, 3.8) is 0 Å². The summed E-state index contributed by atoms with van der Waals surface area (Å²) in [7, 11) is -3.80. The van der Waals surface area contributed by atoms with Crippen LogP contribution in [0.2, 0.25) is 0 Å². The second-order valence-electron chi connectivity index (χ2n) is 7.08. The highest BCUT2D eigenvalue weighted by atomic mass is 32.2. The molecule has 0 aliphatic carbocycles. The van der Waals surface area contributed by atoms with Gasteiger partial charge in [0, 0.05) is 6.54 Å². The molecule has 0 radical (unpaired) electrons. The number of carbonyl (C=O) groups excluding carboxylic acids is 1. The first kappa shape index (κ1) is 22.3. The lowest BCUT2D eigenvalue weighted by Gasteiger charge is -2.14. The molecular formula is C21H26N4O3S2. The van der Waals surface area contributed by atoms with E-state index < -0.39 is 10.0 Å². The summed E-state index contributed by atoms with van der Waals surface area (Å²) in [6, 6.07) is 14.4. The van der Waals surface area contributed by atoms with Gasteiger partial charge in [0.2, 0.25) is 15.9 Å². The fourth-order valence-corrected chi connectivity index (χ4v) is 4.53. The number of imidazole rings is 1. The van der Waals surface area contributed by atoms with Crippen LogP contribution in [0.1, 0.15) is 38.3 Å². The number of fused-ring (bicyclic) bond motifs is 1. The summed E-state index contributed by atoms with van der Waals surface area (Å²) in [5.74, 6) is 0.130. The third kappa shape index (κ3) is 5.41. The number of aromatic nitrogens is 2. The van der Waals surface area contributed by atoms with E-state index in [9.17, 15) is 13.2 Å². The van der Waals surface area contributed by atoms with E-state index in [1.165, 1.54) is 23.9 Å². The molecule has 2 aromatic carbocycles. The van der Waals surface area contributed by atoms with Crippen molar-refractivity contribution < 1.29 is 13.2 Å². The fraction of sp³-hybridized carbons (Fsp3) is 0.333. The first-order valence-corrected chi connectivity index (χ1v) is 12.3. The zero-order valence-corrected chi connectivity index (χ0v) is 18.7. The molecule has 30 heavy (non-hydrogen) atoms. The minimum atomic E-state index is -3.80. The topological polar surface area (TPSA) is 107 Å². The van der Waals surface area contributed by atoms with Crippen LogP contribution in [0.15, 0.2) is 58.6 Å². The first-order chi connectivity index (χ1) is 14.3. The number of nitrogens with zero attached hydrogens (tertiary/aromatic N) is 2. The number of nitrogens with two attached hydrogens (primary N) is 1. The molecule has 0 saturated heterocycles. The summed E-state index contributed by atoms with van der Waals surface area (Å²) in [5.41, 5.74) is 2.43. The molecule has 1 aromatic heterocycles. The Morgan fingerprint density at radius 1 is 1.23 bits per heavy atom. The van der Waals surface area contributed by atoms with E-state index >= 15 is 0 Å². The molecule has 3 N–H and O–H groups in total. The van der Waals surface area contributed by atoms with E-state index in [4.69, 9.17) is 5.14 Å². The Morgan fingerprint density at radius 2 is 1.97 bits per heavy atom. The minimum absolute atomic E-state index is 0.0288. The van der Waals surface area contributed by atoms with Crippen molar-refractivity contribution in [3.05, 3.63) is 54.1 Å². The average Bonchev–Trinajstić information content (AvgIpc) is 3.07. The van der Waals surface area contributed by atoms with Gasteiger partial charge in [-0.25, -0.2) is 18.5 Å². The Morgan fingerprint density at radius 3 is 2.63 bits per heavy atom. The predicted molar refractivity (Wildman–Crippen MR) is 120 cm³/mol. The van der Waals surface area contributed by atoms with Gasteiger partial charge in [-0.05, 0) is 37.1 Å². The third-order valence-electron chi connectivity index (χ3n) is 4.76. The van der Waals surface area contributed by atoms with E-state index in [-0.39, 0.29) is 22.6 Å². The molecule has 9 heteroatoms. The van der Waals surface area contributed by atoms with Crippen molar-refractivity contribution in [2.75, 3.05) is 5.75 Å². The smallest absolute Gasteiger partial charge is 0.238 e. The first-order valence-electron chi connectivity index (χ1n) is 9.79. The van der Waals surface area contributed by atoms with Gasteiger partial charge in [0.1, 0.15) is 0 Å². The van der Waals surface area contributed by atoms with E-state index in [2.05, 4.69) is 17.2 Å². The number of carbonyl (C=O) groups is 1. The Balaban J connectivity index is 1.77. The number of hydrogen-bond donors (Lipinski definition) is 2. The molecule has 0 aliphatic heterocycles. The van der Waals surface area contributed by atoms with Crippen molar-refractivity contribution in [1.82, 2.24) is 14.9 Å². The third-order valence-corrected chi connectivity index (χ3v) is 6.65. The largest absolute Gasteiger partial charge is 0.349 e. The SMILES string of the molecule is CCCCn1c(SCC(=O)NC(C)c2ccccc2)nc2cc(S(N)(=O)=O)ccc21. The quantitative estimate of drug-likeness (QED) is 0.490. The van der Waals surface area contributed by atoms with Gasteiger partial charge in [-0.1, -0.05) is 55.4 Å². The molecule has 7 nitrogen and oxygen atoms in total. The maximum Gasteiger partial charge on any atom is 0.238 e. The van der Waals surface area contributed by atoms with Gasteiger partial charge in [-0.15, -0.1) is 0 Å². The lowest BCUT2D eigenvalue weighted by molar-refractivity contribution is -0.119. The van der Waals surface area contributed by atoms with Crippen molar-refractivity contribution >= 4 is 38.7 Å². The van der Waals surface area contributed by atoms with Crippen molar-refractivity contribution in [3.8, 4) is 0 Å². The van der Waals surface area contributed by atoms with Crippen LogP contribution in [-0.2, 0) is 21.4 Å². The number of hydrogen-bond acceptors (Lipinski definition) is 5. The van der Waals surface area contributed by atoms with Gasteiger partial charge in [0.15, 0.2) is 5.16 Å². The van der Waals surface area contributed by atoms with Crippen molar-refractivity contribution in [2.24, 2.45) is 5.14 Å². The summed E-state index contributed by atoms with van der Waals surface area (Å²) < 4.78 is 25.4. The molecule has 0 aliphatic rings. The van der Waals surface area contributed by atoms with Crippen LogP contribution in [0, 0.1) is 0 Å². The number of primary sulfonamides is 1. The van der Waals surface area contributed by atoms with Gasteiger partial charge in [-0.2, -0.15) is 0 Å². The Kier molecular flexibility index (Phi) is 7.17. The standard InChI is InChI=1S/C21H26N4O3S2/c1-3-4-12-25-19-11-10-17(30(22,27)28)13-18(19)24-21(25)29-14-20(26)23-15(2)16-8-6-5-7-9-16/h5-11,13,15H,3-4,12,14H2,1-2H3,(H,23,26)(H2,22,27,28). The van der Waals surface area contributed by atoms with Crippen molar-refractivity contribution in [1.29, 1.82) is 0 Å². The molecule has 1 atom stereocenters. The molecule has 0 spiro atoms. The Hall–Kier alpha value is -2.36. The number of rotatable bonds is 9. The van der Waals surface area contributed by atoms with E-state index in [1.54, 1.807) is 6.07 Å². The van der Waals surface area contributed by atoms with Gasteiger partial charge in [-0.3, -0.25) is 4.79 Å². The highest BCUT2D eigenvalue weighted by Crippen LogP contribution is 2.26. The number of sulfonamides is 1. The molecule has 160 valence electrons. The molecule has 1 heterocycles. The Bertz CT molecular complexity index is 1130. The van der Waals surface area contributed by atoms with E-state index in [0.717, 1.165) is 30.5 Å². The summed E-state index contributed by atoms with van der Waals surface area (Å²) >= 11 is 1.34. The maximum absolute atomic E-state index is 12.5. The van der Waals surface area contributed by atoms with Gasteiger partial charge >= 0.3 is 0 Å². The molecule has 1 unspecified atom stereocenters. The van der Waals surface area contributed by atoms with E-state index in [0.29, 0.717) is 10.7 Å². The molecule has 0 saturated carbocycles. The number of thioether (sulfide) groups is 1. The summed E-state index contributed by atoms with van der Waals surface area (Å²) in [6.45, 7) is 4.79. The molecule has 3 aromatic rings. The number of aryl methyl sites for hydroxylation is 1. The Labute approximate surface area is 181 Å². The fourth-order valence-electron chi connectivity index (χ4n) is 3.15. The monoisotopic (exact) mass is 446 g/mol. The molecule has 1 amide bonds. The summed E-state index contributed by atoms with van der Waals surface area (Å²) in [5, 5.41) is 8.93. The van der Waals surface area contributed by atoms with Crippen LogP contribution in [-0.4, -0.2) is 29.6 Å². The average molecular weight is 447 g/mol. The van der Waals surface area contributed by atoms with Gasteiger partial charge in [0.05, 0.1) is 27.7 Å². The predicted octanol–water partition coefficient (Wildman–Crippen LogP) is 3.45. The lowest BCUT2D eigenvalue weighted by Crippen LogP contribution is -2.28. The van der Waals surface area contributed by atoms with Crippen molar-refractivity contribution in [2.45, 2.75) is 49.3 Å². The summed E-state index contributed by atoms with van der Waals surface area (Å²) in [6.07, 6.45) is 1.96. The second kappa shape index (κ2) is 9.63. The van der Waals surface area contributed by atoms with Crippen LogP contribution in [0.25, 0.3) is 11.0 Å². The number of unbranched alkanes of at least 4 members (excludes halogenated alkanes) is 1. The second-order valence-corrected chi connectivity index (χ2v) is 9.59. The van der Waals surface area contributed by atoms with E-state index in [1.807, 2.05) is 41.8 Å². The minimum Gasteiger partial charge on any atom is -0.349 e. The van der Waals surface area contributed by atoms with Gasteiger partial charge in [0.25, 0.3) is 0 Å².